The predicted molar refractivity (Wildman–Crippen MR) is 133 cm³/mol. The smallest absolute Gasteiger partial charge is 0.333 e. The van der Waals surface area contributed by atoms with Crippen molar-refractivity contribution in [3.8, 4) is 0 Å². The Bertz CT molecular complexity index is 839. The second-order valence-corrected chi connectivity index (χ2v) is 6.29. The topological polar surface area (TPSA) is 91.9 Å². The van der Waals surface area contributed by atoms with Crippen molar-refractivity contribution < 1.29 is 18.0 Å². The number of para-hydroxylation sites is 1. The third-order valence-electron chi connectivity index (χ3n) is 3.98. The van der Waals surface area contributed by atoms with E-state index < -0.39 is 11.7 Å². The predicted octanol–water partition coefficient (Wildman–Crippen LogP) is 4.52. The highest BCUT2D eigenvalue weighted by Crippen LogP contribution is 2.29. The summed E-state index contributed by atoms with van der Waals surface area (Å²) in [6.45, 7) is 5.20. The average Bonchev–Trinajstić information content (AvgIpc) is 2.81. The molecule has 9 heteroatoms. The Morgan fingerprint density at radius 1 is 1.09 bits per heavy atom. The largest absolute Gasteiger partial charge is 0.416 e. The second kappa shape index (κ2) is 18.7. The van der Waals surface area contributed by atoms with Crippen LogP contribution in [0.3, 0.4) is 0 Å². The van der Waals surface area contributed by atoms with Gasteiger partial charge < -0.3 is 16.4 Å². The summed E-state index contributed by atoms with van der Waals surface area (Å²) in [5.74, 6) is 0.721. The molecule has 2 rings (SSSR count). The highest BCUT2D eigenvalue weighted by molar-refractivity contribution is 5.90. The van der Waals surface area contributed by atoms with E-state index in [2.05, 4.69) is 39.1 Å². The van der Waals surface area contributed by atoms with Gasteiger partial charge in [0.15, 0.2) is 0 Å². The van der Waals surface area contributed by atoms with Gasteiger partial charge in [-0.3, -0.25) is 4.79 Å². The number of hydrogen-bond donors (Lipinski definition) is 3. The minimum Gasteiger partial charge on any atom is -0.333 e. The molecule has 33 heavy (non-hydrogen) atoms. The highest BCUT2D eigenvalue weighted by Gasteiger charge is 2.30. The number of nitrogens with two attached hydrogens (primary N) is 1. The summed E-state index contributed by atoms with van der Waals surface area (Å²) in [5.41, 5.74) is 5.98. The molecular formula is C24H36F3N5O. The summed E-state index contributed by atoms with van der Waals surface area (Å²) in [6.07, 6.45) is -1.87. The normalized spacial score (nSPS) is 10.6. The van der Waals surface area contributed by atoms with Gasteiger partial charge in [0.1, 0.15) is 12.1 Å². The molecule has 6 nitrogen and oxygen atoms in total. The van der Waals surface area contributed by atoms with Crippen LogP contribution in [0.4, 0.5) is 18.9 Å². The number of halogens is 3. The van der Waals surface area contributed by atoms with Crippen molar-refractivity contribution in [3.05, 3.63) is 65.2 Å². The first-order valence-electron chi connectivity index (χ1n) is 9.97. The molecule has 0 saturated heterocycles. The Morgan fingerprint density at radius 3 is 2.30 bits per heavy atom. The minimum atomic E-state index is -4.38. The van der Waals surface area contributed by atoms with Crippen molar-refractivity contribution in [3.63, 3.8) is 0 Å². The fraction of sp³-hybridized carbons (Fsp3) is 0.375. The molecule has 0 aromatic heterocycles. The lowest BCUT2D eigenvalue weighted by Crippen LogP contribution is -2.16. The van der Waals surface area contributed by atoms with Gasteiger partial charge in [-0.15, -0.1) is 0 Å². The van der Waals surface area contributed by atoms with Gasteiger partial charge in [0.05, 0.1) is 17.8 Å². The van der Waals surface area contributed by atoms with Crippen LogP contribution in [0, 0.1) is 0 Å². The molecule has 0 saturated carbocycles. The number of benzene rings is 2. The van der Waals surface area contributed by atoms with Gasteiger partial charge in [0.25, 0.3) is 0 Å². The number of carbonyl (C=O) groups excluding carboxylic acids is 1. The number of alkyl halides is 3. The van der Waals surface area contributed by atoms with Crippen LogP contribution >= 0.6 is 0 Å². The van der Waals surface area contributed by atoms with Crippen LogP contribution in [-0.4, -0.2) is 53.1 Å². The zero-order valence-electron chi connectivity index (χ0n) is 18.7. The number of amidine groups is 1. The van der Waals surface area contributed by atoms with Crippen LogP contribution in [-0.2, 0) is 12.6 Å². The number of nitrogens with zero attached hydrogens (tertiary/aromatic N) is 2. The molecule has 0 aliphatic carbocycles. The first-order valence-corrected chi connectivity index (χ1v) is 9.97. The first-order chi connectivity index (χ1) is 15.3. The van der Waals surface area contributed by atoms with Gasteiger partial charge in [-0.1, -0.05) is 37.8 Å². The minimum absolute atomic E-state index is 0. The van der Waals surface area contributed by atoms with Crippen LogP contribution in [0.2, 0.25) is 0 Å². The van der Waals surface area contributed by atoms with Gasteiger partial charge in [-0.05, 0) is 71.0 Å². The van der Waals surface area contributed by atoms with Crippen LogP contribution in [0.25, 0.3) is 0 Å². The zero-order valence-corrected chi connectivity index (χ0v) is 18.7. The molecule has 184 valence electrons. The lowest BCUT2D eigenvalue weighted by molar-refractivity contribution is -0.137. The van der Waals surface area contributed by atoms with Crippen LogP contribution in [0.5, 0.6) is 0 Å². The number of hydrogen-bond acceptors (Lipinski definition) is 5. The molecule has 0 amide bonds. The highest BCUT2D eigenvalue weighted by atomic mass is 19.4. The number of carbonyl (C=O) groups is 1. The third kappa shape index (κ3) is 13.3. The number of aliphatic imine (C=N–C) groups is 2. The van der Waals surface area contributed by atoms with Gasteiger partial charge >= 0.3 is 6.18 Å². The van der Waals surface area contributed by atoms with E-state index in [1.807, 2.05) is 32.3 Å². The zero-order chi connectivity index (χ0) is 24.4. The molecule has 0 aliphatic rings. The van der Waals surface area contributed by atoms with E-state index >= 15 is 0 Å². The quantitative estimate of drug-likeness (QED) is 0.230. The molecule has 0 heterocycles. The Balaban J connectivity index is 0. The first kappa shape index (κ1) is 32.3. The lowest BCUT2D eigenvalue weighted by atomic mass is 10.1. The van der Waals surface area contributed by atoms with Gasteiger partial charge in [0, 0.05) is 5.56 Å². The maximum Gasteiger partial charge on any atom is 0.416 e. The Hall–Kier alpha value is -2.88. The summed E-state index contributed by atoms with van der Waals surface area (Å²) in [7, 11) is 5.34. The third-order valence-corrected chi connectivity index (χ3v) is 3.98. The fourth-order valence-corrected chi connectivity index (χ4v) is 2.50. The van der Waals surface area contributed by atoms with E-state index in [-0.39, 0.29) is 13.0 Å². The van der Waals surface area contributed by atoms with Crippen molar-refractivity contribution in [1.82, 2.24) is 10.6 Å². The molecule has 0 aliphatic heterocycles. The molecule has 0 bridgehead atoms. The average molecular weight is 468 g/mol. The standard InChI is InChI=1S/C14H22N4.C8H5F3O.CH5N.CH4/c1-15-10-6-8-12-7-4-5-9-13(12)18-14(17-3)11-16-2;9-8(10,11)7-3-1-2-6(4-7)5-12;1-2;/h4-5,7,9,15-16H,3,6,8,10-11H2,1-2H3;1-5H;2H2,1H3;1H4. The molecule has 2 aromatic carbocycles. The van der Waals surface area contributed by atoms with Crippen molar-refractivity contribution in [2.75, 3.05) is 34.2 Å². The molecule has 0 fully saturated rings. The van der Waals surface area contributed by atoms with E-state index in [1.165, 1.54) is 24.7 Å². The van der Waals surface area contributed by atoms with Gasteiger partial charge in [0.2, 0.25) is 0 Å². The molecule has 4 N–H and O–H groups in total. The number of aryl methyl sites for hydroxylation is 1. The fourth-order valence-electron chi connectivity index (χ4n) is 2.50. The maximum atomic E-state index is 12.0. The molecule has 2 aromatic rings. The van der Waals surface area contributed by atoms with E-state index in [0.717, 1.165) is 43.0 Å². The number of nitrogens with one attached hydrogen (secondary N) is 2. The molecular weight excluding hydrogens is 431 g/mol. The number of rotatable bonds is 8. The summed E-state index contributed by atoms with van der Waals surface area (Å²) in [4.78, 5) is 18.6. The van der Waals surface area contributed by atoms with Crippen molar-refractivity contribution in [2.24, 2.45) is 15.7 Å². The van der Waals surface area contributed by atoms with Crippen molar-refractivity contribution in [2.45, 2.75) is 26.4 Å². The Morgan fingerprint density at radius 2 is 1.76 bits per heavy atom. The van der Waals surface area contributed by atoms with E-state index in [9.17, 15) is 18.0 Å². The van der Waals surface area contributed by atoms with Crippen molar-refractivity contribution in [1.29, 1.82) is 0 Å². The monoisotopic (exact) mass is 467 g/mol. The van der Waals surface area contributed by atoms with E-state index in [1.54, 1.807) is 0 Å². The molecule has 0 spiro atoms. The lowest BCUT2D eigenvalue weighted by Gasteiger charge is -2.06. The Labute approximate surface area is 195 Å². The molecule has 0 radical (unpaired) electrons. The molecule has 0 unspecified atom stereocenters. The second-order valence-electron chi connectivity index (χ2n) is 6.29. The van der Waals surface area contributed by atoms with Gasteiger partial charge in [-0.2, -0.15) is 13.2 Å². The number of aldehydes is 1. The maximum absolute atomic E-state index is 12.0. The summed E-state index contributed by atoms with van der Waals surface area (Å²) < 4.78 is 36.0. The summed E-state index contributed by atoms with van der Waals surface area (Å²) in [6, 6.07) is 12.5. The van der Waals surface area contributed by atoms with Gasteiger partial charge in [-0.25, -0.2) is 9.98 Å². The summed E-state index contributed by atoms with van der Waals surface area (Å²) in [5, 5.41) is 6.19. The van der Waals surface area contributed by atoms with Crippen LogP contribution < -0.4 is 16.4 Å². The SMILES string of the molecule is C.C=NC(CNC)=Nc1ccccc1CCCNC.CN.O=Cc1cccc(C(F)(F)F)c1. The Kier molecular flexibility index (Phi) is 18.3. The molecule has 0 atom stereocenters. The van der Waals surface area contributed by atoms with E-state index in [0.29, 0.717) is 12.8 Å². The summed E-state index contributed by atoms with van der Waals surface area (Å²) >= 11 is 0. The van der Waals surface area contributed by atoms with Crippen LogP contribution in [0.15, 0.2) is 58.5 Å². The van der Waals surface area contributed by atoms with Crippen molar-refractivity contribution >= 4 is 24.5 Å². The number of likely N-dealkylation sites (N-methyl/N-ethyl adjacent to an activating group) is 1. The van der Waals surface area contributed by atoms with Crippen LogP contribution in [0.1, 0.15) is 35.3 Å². The van der Waals surface area contributed by atoms with E-state index in [4.69, 9.17) is 0 Å².